The molecule has 0 bridgehead atoms. The molecule has 2 aromatic heterocycles. The van der Waals surface area contributed by atoms with E-state index in [4.69, 9.17) is 14.5 Å². The van der Waals surface area contributed by atoms with Crippen LogP contribution >= 0.6 is 11.8 Å². The predicted octanol–water partition coefficient (Wildman–Crippen LogP) is 3.88. The van der Waals surface area contributed by atoms with E-state index in [2.05, 4.69) is 53.4 Å². The molecule has 1 aromatic carbocycles. The van der Waals surface area contributed by atoms with Crippen LogP contribution in [0.4, 0.5) is 4.79 Å². The van der Waals surface area contributed by atoms with E-state index in [0.29, 0.717) is 42.9 Å². The number of amides is 2. The molecule has 1 unspecified atom stereocenters. The summed E-state index contributed by atoms with van der Waals surface area (Å²) in [7, 11) is 1.63. The molecule has 1 N–H and O–H groups in total. The first-order chi connectivity index (χ1) is 15.5. The molecule has 3 aromatic rings. The lowest BCUT2D eigenvalue weighted by Gasteiger charge is -2.32. The lowest BCUT2D eigenvalue weighted by atomic mass is 10.0. The van der Waals surface area contributed by atoms with Gasteiger partial charge in [0.15, 0.2) is 5.52 Å². The third-order valence-corrected chi connectivity index (χ3v) is 6.19. The molecule has 1 atom stereocenters. The molecule has 1 saturated heterocycles. The number of morpholine rings is 1. The monoisotopic (exact) mass is 453 g/mol. The van der Waals surface area contributed by atoms with Crippen molar-refractivity contribution in [3.8, 4) is 17.1 Å². The first kappa shape index (κ1) is 22.3. The molecule has 0 radical (unpaired) electrons. The normalized spacial score (nSPS) is 16.4. The minimum absolute atomic E-state index is 0.0982. The SMILES string of the molecule is CNC(=O)N1CCOC(SCOc2nc(-c3ccc(C(C)C)cc3)cc3nccnc23)C1. The summed E-state index contributed by atoms with van der Waals surface area (Å²) >= 11 is 1.48. The predicted molar refractivity (Wildman–Crippen MR) is 126 cm³/mol. The van der Waals surface area contributed by atoms with Crippen LogP contribution in [0.25, 0.3) is 22.3 Å². The second kappa shape index (κ2) is 10.1. The largest absolute Gasteiger partial charge is 0.465 e. The number of hydrogen-bond donors (Lipinski definition) is 1. The third-order valence-electron chi connectivity index (χ3n) is 5.28. The number of rotatable bonds is 6. The summed E-state index contributed by atoms with van der Waals surface area (Å²) in [6.07, 6.45) is 3.29. The van der Waals surface area contributed by atoms with Gasteiger partial charge in [-0.2, -0.15) is 0 Å². The highest BCUT2D eigenvalue weighted by Gasteiger charge is 2.24. The zero-order valence-electron chi connectivity index (χ0n) is 18.4. The Hall–Kier alpha value is -2.91. The van der Waals surface area contributed by atoms with Crippen LogP contribution in [0.3, 0.4) is 0 Å². The van der Waals surface area contributed by atoms with Gasteiger partial charge in [-0.3, -0.25) is 4.98 Å². The Kier molecular flexibility index (Phi) is 7.06. The highest BCUT2D eigenvalue weighted by Crippen LogP contribution is 2.29. The van der Waals surface area contributed by atoms with E-state index in [9.17, 15) is 4.79 Å². The fourth-order valence-corrected chi connectivity index (χ4v) is 4.27. The number of nitrogens with zero attached hydrogens (tertiary/aromatic N) is 4. The van der Waals surface area contributed by atoms with E-state index in [0.717, 1.165) is 16.8 Å². The highest BCUT2D eigenvalue weighted by molar-refractivity contribution is 7.99. The Morgan fingerprint density at radius 3 is 2.81 bits per heavy atom. The van der Waals surface area contributed by atoms with Crippen LogP contribution in [0.1, 0.15) is 25.3 Å². The van der Waals surface area contributed by atoms with Crippen molar-refractivity contribution < 1.29 is 14.3 Å². The van der Waals surface area contributed by atoms with E-state index in [1.54, 1.807) is 24.3 Å². The summed E-state index contributed by atoms with van der Waals surface area (Å²) in [5, 5.41) is 2.65. The van der Waals surface area contributed by atoms with Gasteiger partial charge in [-0.25, -0.2) is 14.8 Å². The smallest absolute Gasteiger partial charge is 0.317 e. The quantitative estimate of drug-likeness (QED) is 0.567. The average molecular weight is 454 g/mol. The molecule has 9 heteroatoms. The number of ether oxygens (including phenoxy) is 2. The number of urea groups is 1. The fourth-order valence-electron chi connectivity index (χ4n) is 3.46. The second-order valence-corrected chi connectivity index (χ2v) is 8.84. The van der Waals surface area contributed by atoms with E-state index in [1.807, 2.05) is 6.07 Å². The Labute approximate surface area is 191 Å². The number of benzene rings is 1. The number of fused-ring (bicyclic) bond motifs is 1. The van der Waals surface area contributed by atoms with E-state index < -0.39 is 0 Å². The van der Waals surface area contributed by atoms with Gasteiger partial charge in [0.05, 0.1) is 24.4 Å². The third kappa shape index (κ3) is 5.11. The van der Waals surface area contributed by atoms with E-state index in [-0.39, 0.29) is 11.5 Å². The minimum atomic E-state index is -0.162. The average Bonchev–Trinajstić information content (AvgIpc) is 2.83. The van der Waals surface area contributed by atoms with Crippen molar-refractivity contribution in [1.29, 1.82) is 0 Å². The van der Waals surface area contributed by atoms with Crippen LogP contribution in [0.15, 0.2) is 42.7 Å². The number of thioether (sulfide) groups is 1. The summed E-state index contributed by atoms with van der Waals surface area (Å²) < 4.78 is 11.8. The lowest BCUT2D eigenvalue weighted by Crippen LogP contribution is -2.48. The summed E-state index contributed by atoms with van der Waals surface area (Å²) in [6, 6.07) is 10.2. The molecule has 0 aliphatic carbocycles. The van der Waals surface area contributed by atoms with Gasteiger partial charge in [0.25, 0.3) is 0 Å². The van der Waals surface area contributed by atoms with Gasteiger partial charge in [-0.1, -0.05) is 49.9 Å². The summed E-state index contributed by atoms with van der Waals surface area (Å²) in [5.74, 6) is 1.22. The maximum atomic E-state index is 11.9. The molecule has 4 rings (SSSR count). The zero-order valence-corrected chi connectivity index (χ0v) is 19.3. The maximum absolute atomic E-state index is 11.9. The molecule has 1 aliphatic rings. The summed E-state index contributed by atoms with van der Waals surface area (Å²) in [4.78, 5) is 27.2. The van der Waals surface area contributed by atoms with Crippen LogP contribution in [-0.4, -0.2) is 64.0 Å². The molecule has 0 saturated carbocycles. The van der Waals surface area contributed by atoms with Crippen LogP contribution < -0.4 is 10.1 Å². The van der Waals surface area contributed by atoms with Crippen molar-refractivity contribution in [2.75, 3.05) is 32.7 Å². The molecule has 1 aliphatic heterocycles. The maximum Gasteiger partial charge on any atom is 0.317 e. The van der Waals surface area contributed by atoms with Gasteiger partial charge in [0.1, 0.15) is 11.4 Å². The molecule has 32 heavy (non-hydrogen) atoms. The first-order valence-corrected chi connectivity index (χ1v) is 11.6. The van der Waals surface area contributed by atoms with Gasteiger partial charge in [0, 0.05) is 31.5 Å². The van der Waals surface area contributed by atoms with Crippen LogP contribution in [0.2, 0.25) is 0 Å². The Morgan fingerprint density at radius 2 is 2.06 bits per heavy atom. The molecular weight excluding hydrogens is 426 g/mol. The zero-order chi connectivity index (χ0) is 22.5. The number of carbonyl (C=O) groups is 1. The minimum Gasteiger partial charge on any atom is -0.465 e. The van der Waals surface area contributed by atoms with Gasteiger partial charge >= 0.3 is 6.03 Å². The Morgan fingerprint density at radius 1 is 1.28 bits per heavy atom. The number of carbonyl (C=O) groups excluding carboxylic acids is 1. The van der Waals surface area contributed by atoms with Crippen molar-refractivity contribution in [2.24, 2.45) is 0 Å². The van der Waals surface area contributed by atoms with Gasteiger partial charge in [-0.15, -0.1) is 0 Å². The van der Waals surface area contributed by atoms with Gasteiger partial charge in [-0.05, 0) is 17.5 Å². The molecule has 3 heterocycles. The number of nitrogens with one attached hydrogen (secondary N) is 1. The topological polar surface area (TPSA) is 89.5 Å². The summed E-state index contributed by atoms with van der Waals surface area (Å²) in [6.45, 7) is 5.93. The van der Waals surface area contributed by atoms with Gasteiger partial charge < -0.3 is 19.7 Å². The molecule has 2 amide bonds. The molecule has 0 spiro atoms. The molecular formula is C23H27N5O3S. The number of aromatic nitrogens is 3. The molecule has 1 fully saturated rings. The fraction of sp³-hybridized carbons (Fsp3) is 0.391. The first-order valence-electron chi connectivity index (χ1n) is 10.6. The van der Waals surface area contributed by atoms with Crippen molar-refractivity contribution in [3.05, 3.63) is 48.3 Å². The van der Waals surface area contributed by atoms with Crippen LogP contribution in [0, 0.1) is 0 Å². The Balaban J connectivity index is 1.50. The van der Waals surface area contributed by atoms with Crippen LogP contribution in [-0.2, 0) is 4.74 Å². The van der Waals surface area contributed by atoms with Crippen molar-refractivity contribution in [1.82, 2.24) is 25.2 Å². The standard InChI is InChI=1S/C23H27N5O3S/c1-15(2)16-4-6-17(7-5-16)18-12-19-21(26-9-8-25-19)22(27-18)31-14-32-20-13-28(10-11-30-20)23(29)24-3/h4-9,12,15,20H,10-11,13-14H2,1-3H3,(H,24,29). The van der Waals surface area contributed by atoms with E-state index in [1.165, 1.54) is 17.3 Å². The second-order valence-electron chi connectivity index (χ2n) is 7.74. The van der Waals surface area contributed by atoms with Crippen LogP contribution in [0.5, 0.6) is 5.88 Å². The van der Waals surface area contributed by atoms with Crippen molar-refractivity contribution in [3.63, 3.8) is 0 Å². The lowest BCUT2D eigenvalue weighted by molar-refractivity contribution is 0.0334. The van der Waals surface area contributed by atoms with Crippen molar-refractivity contribution in [2.45, 2.75) is 25.2 Å². The summed E-state index contributed by atoms with van der Waals surface area (Å²) in [5.41, 5.74) is 4.24. The Bertz CT molecular complexity index is 1080. The van der Waals surface area contributed by atoms with E-state index >= 15 is 0 Å². The highest BCUT2D eigenvalue weighted by atomic mass is 32.2. The van der Waals surface area contributed by atoms with Crippen molar-refractivity contribution >= 4 is 28.8 Å². The number of pyridine rings is 1. The molecule has 168 valence electrons. The molecule has 8 nitrogen and oxygen atoms in total. The number of hydrogen-bond acceptors (Lipinski definition) is 7. The van der Waals surface area contributed by atoms with Gasteiger partial charge in [0.2, 0.25) is 5.88 Å².